The minimum atomic E-state index is -0.484. The molecule has 0 spiro atoms. The van der Waals surface area contributed by atoms with Crippen molar-refractivity contribution in [3.05, 3.63) is 59.9 Å². The molecule has 0 aromatic heterocycles. The van der Waals surface area contributed by atoms with Crippen LogP contribution < -0.4 is 9.96 Å². The summed E-state index contributed by atoms with van der Waals surface area (Å²) in [6.45, 7) is 2.24. The van der Waals surface area contributed by atoms with Crippen LogP contribution >= 0.6 is 0 Å². The standard InChI is InChI=1S/C18H18N2O4/c1-3-20(12-8-5-4-6-9-12)18(23)17-16(22)15-13(19(2)24-17)10-7-11-14(15)21/h4-11,21-22H,3H2,1-2H3. The number of benzene rings is 2. The number of fused-ring (bicyclic) bond motifs is 1. The Morgan fingerprint density at radius 3 is 2.50 bits per heavy atom. The van der Waals surface area contributed by atoms with Gasteiger partial charge in [0.25, 0.3) is 5.76 Å². The van der Waals surface area contributed by atoms with Crippen LogP contribution in [0.2, 0.25) is 0 Å². The van der Waals surface area contributed by atoms with Gasteiger partial charge < -0.3 is 20.0 Å². The summed E-state index contributed by atoms with van der Waals surface area (Å²) in [5.74, 6) is -1.20. The summed E-state index contributed by atoms with van der Waals surface area (Å²) in [7, 11) is 1.61. The van der Waals surface area contributed by atoms with E-state index in [0.29, 0.717) is 17.9 Å². The van der Waals surface area contributed by atoms with Crippen LogP contribution in [-0.2, 0) is 9.63 Å². The van der Waals surface area contributed by atoms with Gasteiger partial charge in [-0.1, -0.05) is 24.3 Å². The van der Waals surface area contributed by atoms with E-state index in [1.165, 1.54) is 16.0 Å². The number of likely N-dealkylation sites (N-methyl/N-ethyl adjacent to an activating group) is 1. The third kappa shape index (κ3) is 2.52. The number of hydrogen-bond donors (Lipinski definition) is 2. The predicted molar refractivity (Wildman–Crippen MR) is 91.6 cm³/mol. The number of anilines is 2. The summed E-state index contributed by atoms with van der Waals surface area (Å²) in [4.78, 5) is 19.9. The van der Waals surface area contributed by atoms with E-state index in [1.807, 2.05) is 25.1 Å². The van der Waals surface area contributed by atoms with Gasteiger partial charge in [0.15, 0.2) is 5.76 Å². The van der Waals surface area contributed by atoms with Crippen molar-refractivity contribution in [1.29, 1.82) is 0 Å². The lowest BCUT2D eigenvalue weighted by Crippen LogP contribution is -2.37. The van der Waals surface area contributed by atoms with E-state index < -0.39 is 5.91 Å². The number of aliphatic hydroxyl groups is 1. The van der Waals surface area contributed by atoms with Crippen LogP contribution in [0.1, 0.15) is 12.5 Å². The quantitative estimate of drug-likeness (QED) is 0.907. The first-order valence-corrected chi connectivity index (χ1v) is 7.58. The van der Waals surface area contributed by atoms with E-state index in [0.717, 1.165) is 0 Å². The molecule has 6 nitrogen and oxygen atoms in total. The number of aliphatic hydroxyl groups excluding tert-OH is 1. The molecule has 124 valence electrons. The summed E-state index contributed by atoms with van der Waals surface area (Å²) >= 11 is 0. The normalized spacial score (nSPS) is 13.3. The molecule has 24 heavy (non-hydrogen) atoms. The van der Waals surface area contributed by atoms with Crippen molar-refractivity contribution in [1.82, 2.24) is 0 Å². The fraction of sp³-hybridized carbons (Fsp3) is 0.167. The van der Waals surface area contributed by atoms with E-state index in [4.69, 9.17) is 4.84 Å². The zero-order valence-corrected chi connectivity index (χ0v) is 13.4. The lowest BCUT2D eigenvalue weighted by Gasteiger charge is -2.31. The second-order valence-electron chi connectivity index (χ2n) is 5.32. The second kappa shape index (κ2) is 6.16. The molecule has 1 aliphatic heterocycles. The number of carbonyl (C=O) groups is 1. The van der Waals surface area contributed by atoms with Crippen molar-refractivity contribution in [2.75, 3.05) is 23.6 Å². The van der Waals surface area contributed by atoms with E-state index in [2.05, 4.69) is 0 Å². The average molecular weight is 326 g/mol. The summed E-state index contributed by atoms with van der Waals surface area (Å²) in [5.41, 5.74) is 1.35. The zero-order valence-electron chi connectivity index (χ0n) is 13.4. The van der Waals surface area contributed by atoms with E-state index in [-0.39, 0.29) is 22.8 Å². The molecule has 0 fully saturated rings. The Morgan fingerprint density at radius 2 is 1.83 bits per heavy atom. The number of hydrogen-bond acceptors (Lipinski definition) is 5. The highest BCUT2D eigenvalue weighted by Crippen LogP contribution is 2.39. The maximum atomic E-state index is 12.9. The Morgan fingerprint density at radius 1 is 1.12 bits per heavy atom. The van der Waals surface area contributed by atoms with Gasteiger partial charge in [0.1, 0.15) is 5.75 Å². The maximum Gasteiger partial charge on any atom is 0.300 e. The van der Waals surface area contributed by atoms with Crippen molar-refractivity contribution in [2.45, 2.75) is 6.92 Å². The van der Waals surface area contributed by atoms with Crippen LogP contribution in [0.5, 0.6) is 5.75 Å². The van der Waals surface area contributed by atoms with E-state index in [1.54, 1.807) is 31.3 Å². The van der Waals surface area contributed by atoms with Gasteiger partial charge in [-0.3, -0.25) is 4.79 Å². The molecule has 0 bridgehead atoms. The van der Waals surface area contributed by atoms with Gasteiger partial charge in [0.2, 0.25) is 0 Å². The van der Waals surface area contributed by atoms with Gasteiger partial charge in [0, 0.05) is 19.3 Å². The molecule has 0 unspecified atom stereocenters. The Labute approximate surface area is 139 Å². The van der Waals surface area contributed by atoms with Gasteiger partial charge >= 0.3 is 5.91 Å². The molecule has 0 saturated heterocycles. The molecule has 2 N–H and O–H groups in total. The Hall–Kier alpha value is -3.15. The molecular formula is C18H18N2O4. The molecule has 0 atom stereocenters. The molecule has 0 saturated carbocycles. The van der Waals surface area contributed by atoms with Gasteiger partial charge in [-0.05, 0) is 31.2 Å². The number of nitrogens with zero attached hydrogens (tertiary/aromatic N) is 2. The number of para-hydroxylation sites is 1. The van der Waals surface area contributed by atoms with Crippen LogP contribution in [0, 0.1) is 0 Å². The molecule has 0 radical (unpaired) electrons. The lowest BCUT2D eigenvalue weighted by atomic mass is 10.1. The lowest BCUT2D eigenvalue weighted by molar-refractivity contribution is -0.118. The highest BCUT2D eigenvalue weighted by atomic mass is 16.7. The van der Waals surface area contributed by atoms with Gasteiger partial charge in [0.05, 0.1) is 11.3 Å². The summed E-state index contributed by atoms with van der Waals surface area (Å²) in [5, 5.41) is 21.9. The first-order valence-electron chi connectivity index (χ1n) is 7.58. The smallest absolute Gasteiger partial charge is 0.300 e. The van der Waals surface area contributed by atoms with Gasteiger partial charge in [-0.25, -0.2) is 5.06 Å². The summed E-state index contributed by atoms with van der Waals surface area (Å²) in [6, 6.07) is 13.9. The number of amides is 1. The first kappa shape index (κ1) is 15.7. The highest BCUT2D eigenvalue weighted by molar-refractivity contribution is 6.09. The maximum absolute atomic E-state index is 12.9. The third-order valence-corrected chi connectivity index (χ3v) is 3.86. The predicted octanol–water partition coefficient (Wildman–Crippen LogP) is 3.05. The summed E-state index contributed by atoms with van der Waals surface area (Å²) < 4.78 is 0. The number of phenols is 1. The molecule has 2 aromatic rings. The van der Waals surface area contributed by atoms with Crippen LogP contribution in [-0.4, -0.2) is 29.7 Å². The monoisotopic (exact) mass is 326 g/mol. The van der Waals surface area contributed by atoms with Crippen LogP contribution in [0.25, 0.3) is 5.76 Å². The topological polar surface area (TPSA) is 73.2 Å². The van der Waals surface area contributed by atoms with Crippen LogP contribution in [0.3, 0.4) is 0 Å². The number of rotatable bonds is 3. The fourth-order valence-corrected chi connectivity index (χ4v) is 2.69. The SMILES string of the molecule is CCN(C(=O)C1=C(O)c2c(O)cccc2N(C)O1)c1ccccc1. The van der Waals surface area contributed by atoms with Crippen LogP contribution in [0.4, 0.5) is 11.4 Å². The number of phenolic OH excluding ortho intramolecular Hbond substituents is 1. The number of hydroxylamine groups is 1. The summed E-state index contributed by atoms with van der Waals surface area (Å²) in [6.07, 6.45) is 0. The average Bonchev–Trinajstić information content (AvgIpc) is 2.59. The molecule has 6 heteroatoms. The molecule has 1 amide bonds. The Bertz CT molecular complexity index is 802. The highest BCUT2D eigenvalue weighted by Gasteiger charge is 2.33. The minimum Gasteiger partial charge on any atom is -0.507 e. The third-order valence-electron chi connectivity index (χ3n) is 3.86. The Kier molecular flexibility index (Phi) is 4.04. The second-order valence-corrected chi connectivity index (χ2v) is 5.32. The van der Waals surface area contributed by atoms with E-state index >= 15 is 0 Å². The minimum absolute atomic E-state index is 0.117. The molecule has 2 aromatic carbocycles. The van der Waals surface area contributed by atoms with Crippen molar-refractivity contribution in [3.8, 4) is 5.75 Å². The molecule has 1 heterocycles. The molecular weight excluding hydrogens is 308 g/mol. The van der Waals surface area contributed by atoms with Crippen molar-refractivity contribution < 1.29 is 19.8 Å². The largest absolute Gasteiger partial charge is 0.507 e. The van der Waals surface area contributed by atoms with Crippen molar-refractivity contribution in [2.24, 2.45) is 0 Å². The zero-order chi connectivity index (χ0) is 17.3. The molecule has 1 aliphatic rings. The number of carbonyl (C=O) groups excluding carboxylic acids is 1. The fourth-order valence-electron chi connectivity index (χ4n) is 2.69. The van der Waals surface area contributed by atoms with E-state index in [9.17, 15) is 15.0 Å². The van der Waals surface area contributed by atoms with Crippen LogP contribution in [0.15, 0.2) is 54.3 Å². The number of aromatic hydroxyl groups is 1. The molecule has 3 rings (SSSR count). The van der Waals surface area contributed by atoms with Gasteiger partial charge in [-0.2, -0.15) is 0 Å². The van der Waals surface area contributed by atoms with Crippen molar-refractivity contribution in [3.63, 3.8) is 0 Å². The molecule has 0 aliphatic carbocycles. The Balaban J connectivity index is 2.06. The van der Waals surface area contributed by atoms with Crippen molar-refractivity contribution >= 4 is 23.0 Å². The van der Waals surface area contributed by atoms with Gasteiger partial charge in [-0.15, -0.1) is 0 Å². The first-order chi connectivity index (χ1) is 11.5.